The van der Waals surface area contributed by atoms with E-state index in [4.69, 9.17) is 10.2 Å². The molecule has 0 fully saturated rings. The molecule has 4 N–H and O–H groups in total. The normalized spacial score (nSPS) is 10.3. The summed E-state index contributed by atoms with van der Waals surface area (Å²) in [5.41, 5.74) is 6.46. The highest BCUT2D eigenvalue weighted by atomic mass is 79.9. The molecule has 1 aromatic heterocycles. The number of carbonyl (C=O) groups excluding carboxylic acids is 2. The van der Waals surface area contributed by atoms with Crippen LogP contribution >= 0.6 is 15.9 Å². The fourth-order valence-electron chi connectivity index (χ4n) is 1.93. The van der Waals surface area contributed by atoms with Crippen LogP contribution in [0.4, 0.5) is 0 Å². The molecule has 0 bridgehead atoms. The second-order valence-corrected chi connectivity index (χ2v) is 5.80. The van der Waals surface area contributed by atoms with E-state index in [1.165, 1.54) is 6.26 Å². The summed E-state index contributed by atoms with van der Waals surface area (Å²) in [4.78, 5) is 23.7. The van der Waals surface area contributed by atoms with Crippen LogP contribution in [-0.2, 0) is 6.54 Å². The van der Waals surface area contributed by atoms with E-state index in [1.54, 1.807) is 24.3 Å². The number of amides is 2. The number of benzene rings is 1. The van der Waals surface area contributed by atoms with Gasteiger partial charge in [-0.3, -0.25) is 9.59 Å². The second kappa shape index (κ2) is 8.50. The van der Waals surface area contributed by atoms with Crippen molar-refractivity contribution < 1.29 is 14.0 Å². The highest BCUT2D eigenvalue weighted by Gasteiger charge is 2.09. The van der Waals surface area contributed by atoms with Gasteiger partial charge >= 0.3 is 0 Å². The number of hydrogen-bond donors (Lipinski definition) is 3. The lowest BCUT2D eigenvalue weighted by molar-refractivity contribution is 0.0951. The molecule has 2 amide bonds. The molecule has 2 aromatic rings. The number of nitrogens with two attached hydrogens (primary N) is 1. The zero-order valence-electron chi connectivity index (χ0n) is 12.5. The molecule has 122 valence electrons. The van der Waals surface area contributed by atoms with Crippen LogP contribution < -0.4 is 16.4 Å². The summed E-state index contributed by atoms with van der Waals surface area (Å²) in [6, 6.07) is 8.78. The standard InChI is InChI=1S/C16H18BrN3O3/c17-13-4-1-3-11(7-13)15(21)19-5-2-6-20-16(22)12-8-14(9-18)23-10-12/h1,3-4,7-8,10H,2,5-6,9,18H2,(H,19,21)(H,20,22). The quantitative estimate of drug-likeness (QED) is 0.641. The average Bonchev–Trinajstić information content (AvgIpc) is 3.03. The molecule has 0 atom stereocenters. The largest absolute Gasteiger partial charge is 0.467 e. The first kappa shape index (κ1) is 17.2. The van der Waals surface area contributed by atoms with Gasteiger partial charge in [-0.2, -0.15) is 0 Å². The van der Waals surface area contributed by atoms with Crippen molar-refractivity contribution in [2.24, 2.45) is 5.73 Å². The summed E-state index contributed by atoms with van der Waals surface area (Å²) >= 11 is 3.33. The first-order valence-corrected chi connectivity index (χ1v) is 7.99. The minimum Gasteiger partial charge on any atom is -0.467 e. The van der Waals surface area contributed by atoms with E-state index in [1.807, 2.05) is 6.07 Å². The number of hydrogen-bond acceptors (Lipinski definition) is 4. The lowest BCUT2D eigenvalue weighted by Gasteiger charge is -2.06. The van der Waals surface area contributed by atoms with Crippen LogP contribution in [0.2, 0.25) is 0 Å². The molecule has 0 unspecified atom stereocenters. The predicted molar refractivity (Wildman–Crippen MR) is 90.0 cm³/mol. The molecule has 1 heterocycles. The molecule has 6 nitrogen and oxygen atoms in total. The molecule has 0 radical (unpaired) electrons. The Hall–Kier alpha value is -2.12. The number of nitrogens with one attached hydrogen (secondary N) is 2. The van der Waals surface area contributed by atoms with Crippen LogP contribution in [0, 0.1) is 0 Å². The molecule has 0 aliphatic rings. The smallest absolute Gasteiger partial charge is 0.254 e. The summed E-state index contributed by atoms with van der Waals surface area (Å²) in [6.07, 6.45) is 2.01. The Morgan fingerprint density at radius 2 is 1.78 bits per heavy atom. The second-order valence-electron chi connectivity index (χ2n) is 4.88. The fourth-order valence-corrected chi connectivity index (χ4v) is 2.33. The molecule has 0 spiro atoms. The molecule has 0 aliphatic heterocycles. The monoisotopic (exact) mass is 379 g/mol. The Kier molecular flexibility index (Phi) is 6.37. The SMILES string of the molecule is NCc1cc(C(=O)NCCCNC(=O)c2cccc(Br)c2)co1. The summed E-state index contributed by atoms with van der Waals surface area (Å²) in [7, 11) is 0. The third-order valence-corrected chi connectivity index (χ3v) is 3.62. The van der Waals surface area contributed by atoms with Crippen molar-refractivity contribution in [2.75, 3.05) is 13.1 Å². The third-order valence-electron chi connectivity index (χ3n) is 3.13. The lowest BCUT2D eigenvalue weighted by atomic mass is 10.2. The van der Waals surface area contributed by atoms with E-state index in [-0.39, 0.29) is 18.4 Å². The van der Waals surface area contributed by atoms with Gasteiger partial charge in [-0.25, -0.2) is 0 Å². The van der Waals surface area contributed by atoms with Gasteiger partial charge in [-0.15, -0.1) is 0 Å². The van der Waals surface area contributed by atoms with E-state index in [2.05, 4.69) is 26.6 Å². The Bertz CT molecular complexity index is 685. The Balaban J connectivity index is 1.67. The molecule has 0 aliphatic carbocycles. The molecule has 7 heteroatoms. The number of furan rings is 1. The van der Waals surface area contributed by atoms with Gasteiger partial charge in [0, 0.05) is 23.1 Å². The first-order valence-electron chi connectivity index (χ1n) is 7.19. The van der Waals surface area contributed by atoms with Crippen LogP contribution in [-0.4, -0.2) is 24.9 Å². The van der Waals surface area contributed by atoms with Crippen molar-refractivity contribution in [1.82, 2.24) is 10.6 Å². The van der Waals surface area contributed by atoms with Crippen LogP contribution in [0.5, 0.6) is 0 Å². The van der Waals surface area contributed by atoms with E-state index < -0.39 is 0 Å². The van der Waals surface area contributed by atoms with Crippen molar-refractivity contribution in [2.45, 2.75) is 13.0 Å². The minimum absolute atomic E-state index is 0.139. The van der Waals surface area contributed by atoms with Crippen LogP contribution in [0.1, 0.15) is 32.9 Å². The van der Waals surface area contributed by atoms with E-state index in [0.29, 0.717) is 36.4 Å². The van der Waals surface area contributed by atoms with Gasteiger partial charge in [-0.1, -0.05) is 22.0 Å². The van der Waals surface area contributed by atoms with E-state index in [0.717, 1.165) is 4.47 Å². The van der Waals surface area contributed by atoms with Gasteiger partial charge in [0.2, 0.25) is 0 Å². The number of carbonyl (C=O) groups is 2. The summed E-state index contributed by atoms with van der Waals surface area (Å²) < 4.78 is 5.96. The van der Waals surface area contributed by atoms with Crippen molar-refractivity contribution in [3.63, 3.8) is 0 Å². The molecule has 0 saturated carbocycles. The Morgan fingerprint density at radius 3 is 2.39 bits per heavy atom. The first-order chi connectivity index (χ1) is 11.1. The average molecular weight is 380 g/mol. The van der Waals surface area contributed by atoms with Crippen molar-refractivity contribution in [1.29, 1.82) is 0 Å². The summed E-state index contributed by atoms with van der Waals surface area (Å²) in [5.74, 6) is 0.211. The van der Waals surface area contributed by atoms with Crippen molar-refractivity contribution in [3.8, 4) is 0 Å². The maximum absolute atomic E-state index is 11.9. The highest BCUT2D eigenvalue weighted by molar-refractivity contribution is 9.10. The number of rotatable bonds is 7. The predicted octanol–water partition coefficient (Wildman–Crippen LogP) is 2.05. The maximum atomic E-state index is 11.9. The number of halogens is 1. The zero-order valence-corrected chi connectivity index (χ0v) is 14.1. The molecular formula is C16H18BrN3O3. The van der Waals surface area contributed by atoms with Gasteiger partial charge in [0.05, 0.1) is 12.1 Å². The molecule has 2 rings (SSSR count). The van der Waals surface area contributed by atoms with Gasteiger partial charge in [0.25, 0.3) is 11.8 Å². The van der Waals surface area contributed by atoms with Crippen LogP contribution in [0.15, 0.2) is 45.5 Å². The van der Waals surface area contributed by atoms with Gasteiger partial charge in [0.15, 0.2) is 0 Å². The highest BCUT2D eigenvalue weighted by Crippen LogP contribution is 2.11. The van der Waals surface area contributed by atoms with Crippen LogP contribution in [0.3, 0.4) is 0 Å². The van der Waals surface area contributed by atoms with Crippen LogP contribution in [0.25, 0.3) is 0 Å². The molecule has 0 saturated heterocycles. The Labute approximate surface area is 142 Å². The molecular weight excluding hydrogens is 362 g/mol. The summed E-state index contributed by atoms with van der Waals surface area (Å²) in [5, 5.41) is 5.57. The Morgan fingerprint density at radius 1 is 1.09 bits per heavy atom. The third kappa shape index (κ3) is 5.22. The minimum atomic E-state index is -0.216. The van der Waals surface area contributed by atoms with Gasteiger partial charge in [-0.05, 0) is 30.7 Å². The maximum Gasteiger partial charge on any atom is 0.254 e. The summed E-state index contributed by atoms with van der Waals surface area (Å²) in [6.45, 7) is 1.20. The van der Waals surface area contributed by atoms with Crippen molar-refractivity contribution >= 4 is 27.7 Å². The van der Waals surface area contributed by atoms with Gasteiger partial charge < -0.3 is 20.8 Å². The topological polar surface area (TPSA) is 97.4 Å². The van der Waals surface area contributed by atoms with Gasteiger partial charge in [0.1, 0.15) is 12.0 Å². The fraction of sp³-hybridized carbons (Fsp3) is 0.250. The van der Waals surface area contributed by atoms with E-state index in [9.17, 15) is 9.59 Å². The zero-order chi connectivity index (χ0) is 16.7. The molecule has 1 aromatic carbocycles. The molecule has 23 heavy (non-hydrogen) atoms. The van der Waals surface area contributed by atoms with E-state index >= 15 is 0 Å². The lowest BCUT2D eigenvalue weighted by Crippen LogP contribution is -2.29. The van der Waals surface area contributed by atoms with Crippen molar-refractivity contribution in [3.05, 3.63) is 58.0 Å².